The monoisotopic (exact) mass is 558 g/mol. The lowest BCUT2D eigenvalue weighted by molar-refractivity contribution is 0.0181. The van der Waals surface area contributed by atoms with E-state index >= 15 is 0 Å². The molecular formula is C27H39FN6O4Si. The number of primary amides is 1. The number of carboxylic acid groups (broad SMARTS) is 1. The van der Waals surface area contributed by atoms with Crippen LogP contribution in [-0.2, 0) is 9.96 Å². The molecule has 0 aliphatic carbocycles. The van der Waals surface area contributed by atoms with Crippen molar-refractivity contribution < 1.29 is 23.5 Å². The first-order valence-electron chi connectivity index (χ1n) is 13.0. The summed E-state index contributed by atoms with van der Waals surface area (Å²) in [6.07, 6.45) is 1.18. The van der Waals surface area contributed by atoms with Gasteiger partial charge < -0.3 is 25.5 Å². The highest BCUT2D eigenvalue weighted by Gasteiger charge is 2.46. The zero-order valence-electron chi connectivity index (χ0n) is 23.5. The number of carbonyl (C=O) groups is 2. The van der Waals surface area contributed by atoms with Gasteiger partial charge in [-0.2, -0.15) is 10.4 Å². The average molecular weight is 559 g/mol. The van der Waals surface area contributed by atoms with Crippen LogP contribution in [0, 0.1) is 23.1 Å². The normalized spacial score (nSPS) is 20.8. The van der Waals surface area contributed by atoms with E-state index in [0.29, 0.717) is 25.1 Å². The maximum absolute atomic E-state index is 13.4. The van der Waals surface area contributed by atoms with Crippen molar-refractivity contribution in [3.63, 3.8) is 0 Å². The molecule has 4 N–H and O–H groups in total. The van der Waals surface area contributed by atoms with Crippen LogP contribution in [0.25, 0.3) is 0 Å². The lowest BCUT2D eigenvalue weighted by Crippen LogP contribution is -2.56. The van der Waals surface area contributed by atoms with Gasteiger partial charge in [0.1, 0.15) is 11.4 Å². The quantitative estimate of drug-likeness (QED) is 0.355. The van der Waals surface area contributed by atoms with Crippen LogP contribution in [-0.4, -0.2) is 59.3 Å². The summed E-state index contributed by atoms with van der Waals surface area (Å²) in [6.45, 7) is 13.3. The fraction of sp³-hybridized carbons (Fsp3) is 0.556. The second-order valence-corrected chi connectivity index (χ2v) is 16.7. The lowest BCUT2D eigenvalue weighted by Gasteiger charge is -2.47. The van der Waals surface area contributed by atoms with Gasteiger partial charge in [-0.1, -0.05) is 27.7 Å². The molecule has 0 radical (unpaired) electrons. The highest BCUT2D eigenvalue weighted by Crippen LogP contribution is 2.41. The number of carbonyl (C=O) groups excluding carboxylic acids is 1. The maximum Gasteiger partial charge on any atom is 0.407 e. The zero-order valence-corrected chi connectivity index (χ0v) is 24.5. The minimum atomic E-state index is -2.07. The Morgan fingerprint density at radius 3 is 2.54 bits per heavy atom. The molecule has 12 heteroatoms. The Kier molecular flexibility index (Phi) is 8.77. The highest BCUT2D eigenvalue weighted by atomic mass is 28.4. The molecule has 1 saturated heterocycles. The van der Waals surface area contributed by atoms with Crippen LogP contribution in [0.15, 0.2) is 30.5 Å². The van der Waals surface area contributed by atoms with Crippen LogP contribution < -0.4 is 11.1 Å². The predicted octanol–water partition coefficient (Wildman–Crippen LogP) is 5.27. The average Bonchev–Trinajstić information content (AvgIpc) is 3.28. The van der Waals surface area contributed by atoms with Crippen LogP contribution >= 0.6 is 0 Å². The van der Waals surface area contributed by atoms with Gasteiger partial charge in [-0.3, -0.25) is 9.48 Å². The Morgan fingerprint density at radius 2 is 2.00 bits per heavy atom. The van der Waals surface area contributed by atoms with Crippen LogP contribution in [0.2, 0.25) is 18.1 Å². The van der Waals surface area contributed by atoms with Gasteiger partial charge in [0, 0.05) is 31.1 Å². The van der Waals surface area contributed by atoms with E-state index in [-0.39, 0.29) is 35.3 Å². The van der Waals surface area contributed by atoms with E-state index in [1.807, 2.05) is 6.92 Å². The Balaban J connectivity index is 1.96. The largest absolute Gasteiger partial charge is 0.465 e. The molecule has 0 spiro atoms. The van der Waals surface area contributed by atoms with Crippen molar-refractivity contribution in [2.75, 3.05) is 18.5 Å². The third kappa shape index (κ3) is 6.59. The number of hydrogen-bond acceptors (Lipinski definition) is 6. The summed E-state index contributed by atoms with van der Waals surface area (Å²) in [5.74, 6) is -1.10. The van der Waals surface area contributed by atoms with Gasteiger partial charge in [-0.15, -0.1) is 0 Å². The molecule has 1 aliphatic heterocycles. The van der Waals surface area contributed by atoms with Crippen LogP contribution in [0.3, 0.4) is 0 Å². The van der Waals surface area contributed by atoms with Crippen molar-refractivity contribution in [3.8, 4) is 6.07 Å². The number of nitrogens with one attached hydrogen (secondary N) is 1. The fourth-order valence-corrected chi connectivity index (χ4v) is 5.78. The minimum absolute atomic E-state index is 0.00445. The summed E-state index contributed by atoms with van der Waals surface area (Å²) in [5, 5.41) is 27.4. The number of piperidine rings is 1. The molecule has 2 heterocycles. The molecule has 0 bridgehead atoms. The molecule has 1 aromatic heterocycles. The highest BCUT2D eigenvalue weighted by molar-refractivity contribution is 6.74. The van der Waals surface area contributed by atoms with E-state index in [2.05, 4.69) is 50.3 Å². The van der Waals surface area contributed by atoms with Gasteiger partial charge in [0.2, 0.25) is 0 Å². The van der Waals surface area contributed by atoms with E-state index < -0.39 is 37.7 Å². The predicted molar refractivity (Wildman–Crippen MR) is 149 cm³/mol. The molecule has 1 fully saturated rings. The summed E-state index contributed by atoms with van der Waals surface area (Å²) in [6, 6.07) is 7.37. The molecular weight excluding hydrogens is 519 g/mol. The Labute approximate surface area is 230 Å². The van der Waals surface area contributed by atoms with Crippen molar-refractivity contribution in [3.05, 3.63) is 41.8 Å². The van der Waals surface area contributed by atoms with E-state index in [1.54, 1.807) is 4.68 Å². The van der Waals surface area contributed by atoms with E-state index in [4.69, 9.17) is 10.2 Å². The third-order valence-corrected chi connectivity index (χ3v) is 12.7. The molecule has 2 aromatic rings. The van der Waals surface area contributed by atoms with E-state index in [1.165, 1.54) is 35.4 Å². The van der Waals surface area contributed by atoms with Crippen molar-refractivity contribution in [1.82, 2.24) is 14.7 Å². The number of anilines is 2. The van der Waals surface area contributed by atoms with Crippen molar-refractivity contribution in [1.29, 1.82) is 5.26 Å². The Bertz CT molecular complexity index is 1240. The third-order valence-electron chi connectivity index (χ3n) is 8.20. The number of halogens is 1. The summed E-state index contributed by atoms with van der Waals surface area (Å²) in [5.41, 5.74) is 5.40. The van der Waals surface area contributed by atoms with E-state index in [0.717, 1.165) is 0 Å². The minimum Gasteiger partial charge on any atom is -0.465 e. The van der Waals surface area contributed by atoms with Crippen molar-refractivity contribution in [2.45, 2.75) is 76.7 Å². The summed E-state index contributed by atoms with van der Waals surface area (Å²) < 4.78 is 21.4. The molecule has 1 aromatic carbocycles. The van der Waals surface area contributed by atoms with Gasteiger partial charge in [0.05, 0.1) is 18.0 Å². The molecule has 39 heavy (non-hydrogen) atoms. The lowest BCUT2D eigenvalue weighted by atomic mass is 9.77. The van der Waals surface area contributed by atoms with Crippen molar-refractivity contribution >= 4 is 31.8 Å². The Hall–Kier alpha value is -3.43. The van der Waals surface area contributed by atoms with E-state index in [9.17, 15) is 24.3 Å². The topological polar surface area (TPSA) is 146 Å². The number of likely N-dealkylation sites (tertiary alicyclic amines) is 1. The first-order chi connectivity index (χ1) is 18.1. The molecule has 0 saturated carbocycles. The number of amides is 2. The smallest absolute Gasteiger partial charge is 0.407 e. The number of aromatic nitrogens is 2. The first kappa shape index (κ1) is 30.1. The second-order valence-electron chi connectivity index (χ2n) is 11.9. The number of nitrogens with two attached hydrogens (primary N) is 1. The second kappa shape index (κ2) is 11.4. The number of benzene rings is 1. The molecule has 10 nitrogen and oxygen atoms in total. The standard InChI is InChI=1S/C27H39FN6O4Si/c1-18(17-38-39(5,6)26(2,3)4)22-15-27(11-13-29,12-14-33(22)25(36)37)34-16-21(23(30)35)24(32-34)31-20-9-7-19(28)8-10-20/h7-10,16,18,22H,11-12,14-15,17H2,1-6H3,(H2,30,35)(H,31,32)(H,36,37). The molecule has 3 atom stereocenters. The van der Waals surface area contributed by atoms with Crippen molar-refractivity contribution in [2.24, 2.45) is 11.7 Å². The first-order valence-corrected chi connectivity index (χ1v) is 15.9. The van der Waals surface area contributed by atoms with Gasteiger partial charge >= 0.3 is 6.09 Å². The summed E-state index contributed by atoms with van der Waals surface area (Å²) >= 11 is 0. The van der Waals surface area contributed by atoms with Gasteiger partial charge in [-0.25, -0.2) is 9.18 Å². The Morgan fingerprint density at radius 1 is 1.36 bits per heavy atom. The molecule has 3 rings (SSSR count). The number of hydrogen-bond donors (Lipinski definition) is 3. The number of rotatable bonds is 9. The molecule has 212 valence electrons. The van der Waals surface area contributed by atoms with Gasteiger partial charge in [-0.05, 0) is 61.2 Å². The molecule has 3 unspecified atom stereocenters. The maximum atomic E-state index is 13.4. The number of nitriles is 1. The zero-order chi connectivity index (χ0) is 29.2. The summed E-state index contributed by atoms with van der Waals surface area (Å²) in [4.78, 5) is 25.9. The van der Waals surface area contributed by atoms with Crippen LogP contribution in [0.4, 0.5) is 20.7 Å². The van der Waals surface area contributed by atoms with Crippen LogP contribution in [0.1, 0.15) is 57.3 Å². The van der Waals surface area contributed by atoms with Gasteiger partial charge in [0.25, 0.3) is 5.91 Å². The fourth-order valence-electron chi connectivity index (χ4n) is 4.67. The molecule has 2 amide bonds. The molecule has 1 aliphatic rings. The SMILES string of the molecule is CC(CO[Si](C)(C)C(C)(C)C)C1CC(CC#N)(n2cc(C(N)=O)c(Nc3ccc(F)cc3)n2)CCN1C(=O)O. The van der Waals surface area contributed by atoms with Gasteiger partial charge in [0.15, 0.2) is 14.1 Å². The van der Waals surface area contributed by atoms with Crippen LogP contribution in [0.5, 0.6) is 0 Å². The number of nitrogens with zero attached hydrogens (tertiary/aromatic N) is 4. The summed E-state index contributed by atoms with van der Waals surface area (Å²) in [7, 11) is -2.07.